The van der Waals surface area contributed by atoms with Crippen molar-refractivity contribution in [1.82, 2.24) is 0 Å². The molecule has 1 heteroatoms. The van der Waals surface area contributed by atoms with E-state index in [1.165, 1.54) is 76.5 Å². The highest BCUT2D eigenvalue weighted by atomic mass is 15.1. The van der Waals surface area contributed by atoms with Gasteiger partial charge in [0.05, 0.1) is 0 Å². The molecule has 0 unspecified atom stereocenters. The molecule has 1 nitrogen and oxygen atoms in total. The lowest BCUT2D eigenvalue weighted by Crippen LogP contribution is -2.19. The van der Waals surface area contributed by atoms with Gasteiger partial charge in [0.15, 0.2) is 0 Å². The Balaban J connectivity index is 1.03. The molecule has 0 aliphatic rings. The minimum atomic E-state index is -0.219. The lowest BCUT2D eigenvalue weighted by atomic mass is 9.77. The standard InChI is InChI=1S/C55H41N/c1-55(2,45-28-35-53-51-18-9-8-16-49(51)50-17-10-11-19-52(50)54(53)37-45)44-26-33-48(34-27-44)56(46-29-22-40(23-30-46)38-12-4-3-5-13-38)47-31-24-41(25-32-47)43-21-20-39-14-6-7-15-42(39)36-43/h3-37H,1-2H3. The van der Waals surface area contributed by atoms with Gasteiger partial charge in [0, 0.05) is 22.5 Å². The van der Waals surface area contributed by atoms with Crippen molar-refractivity contribution in [1.29, 1.82) is 0 Å². The van der Waals surface area contributed by atoms with Gasteiger partial charge >= 0.3 is 0 Å². The Labute approximate surface area is 328 Å². The third kappa shape index (κ3) is 5.90. The minimum absolute atomic E-state index is 0.219. The van der Waals surface area contributed by atoms with Gasteiger partial charge in [0.2, 0.25) is 0 Å². The fourth-order valence-corrected chi connectivity index (χ4v) is 8.54. The van der Waals surface area contributed by atoms with E-state index in [9.17, 15) is 0 Å². The Bertz CT molecular complexity index is 2980. The van der Waals surface area contributed by atoms with Crippen molar-refractivity contribution >= 4 is 60.2 Å². The van der Waals surface area contributed by atoms with Crippen molar-refractivity contribution < 1.29 is 0 Å². The van der Waals surface area contributed by atoms with Gasteiger partial charge in [0.25, 0.3) is 0 Å². The number of hydrogen-bond donors (Lipinski definition) is 0. The van der Waals surface area contributed by atoms with E-state index in [0.717, 1.165) is 17.1 Å². The smallest absolute Gasteiger partial charge is 0.0462 e. The summed E-state index contributed by atoms with van der Waals surface area (Å²) in [7, 11) is 0. The maximum absolute atomic E-state index is 2.43. The van der Waals surface area contributed by atoms with Crippen molar-refractivity contribution in [2.45, 2.75) is 19.3 Å². The molecular weight excluding hydrogens is 675 g/mol. The fourth-order valence-electron chi connectivity index (χ4n) is 8.54. The number of rotatable bonds is 7. The second-order valence-electron chi connectivity index (χ2n) is 15.4. The predicted octanol–water partition coefficient (Wildman–Crippen LogP) is 15.4. The second kappa shape index (κ2) is 13.7. The fraction of sp³-hybridized carbons (Fsp3) is 0.0545. The molecule has 0 saturated heterocycles. The van der Waals surface area contributed by atoms with Crippen molar-refractivity contribution in [2.24, 2.45) is 0 Å². The van der Waals surface area contributed by atoms with E-state index in [4.69, 9.17) is 0 Å². The van der Waals surface area contributed by atoms with Crippen LogP contribution in [-0.2, 0) is 5.41 Å². The van der Waals surface area contributed by atoms with E-state index in [1.807, 2.05) is 0 Å². The quantitative estimate of drug-likeness (QED) is 0.149. The predicted molar refractivity (Wildman–Crippen MR) is 241 cm³/mol. The first-order valence-electron chi connectivity index (χ1n) is 19.5. The summed E-state index contributed by atoms with van der Waals surface area (Å²) in [5.74, 6) is 0. The van der Waals surface area contributed by atoms with Crippen LogP contribution in [0.25, 0.3) is 65.3 Å². The van der Waals surface area contributed by atoms with Crippen LogP contribution in [0.5, 0.6) is 0 Å². The normalized spacial score (nSPS) is 11.8. The zero-order valence-corrected chi connectivity index (χ0v) is 31.7. The first-order chi connectivity index (χ1) is 27.5. The third-order valence-electron chi connectivity index (χ3n) is 11.8. The van der Waals surface area contributed by atoms with Gasteiger partial charge in [-0.25, -0.2) is 0 Å². The molecule has 0 bridgehead atoms. The van der Waals surface area contributed by atoms with E-state index in [2.05, 4.69) is 231 Å². The molecule has 56 heavy (non-hydrogen) atoms. The molecule has 10 aromatic carbocycles. The van der Waals surface area contributed by atoms with Gasteiger partial charge in [-0.2, -0.15) is 0 Å². The van der Waals surface area contributed by atoms with Crippen LogP contribution in [0, 0.1) is 0 Å². The summed E-state index contributed by atoms with van der Waals surface area (Å²) in [5, 5.41) is 10.3. The van der Waals surface area contributed by atoms with E-state index < -0.39 is 0 Å². The maximum Gasteiger partial charge on any atom is 0.0462 e. The molecule has 10 rings (SSSR count). The summed E-state index contributed by atoms with van der Waals surface area (Å²) in [5.41, 5.74) is 10.5. The molecule has 0 heterocycles. The highest BCUT2D eigenvalue weighted by Crippen LogP contribution is 2.42. The van der Waals surface area contributed by atoms with Gasteiger partial charge in [-0.3, -0.25) is 0 Å². The van der Waals surface area contributed by atoms with E-state index in [0.29, 0.717) is 0 Å². The largest absolute Gasteiger partial charge is 0.311 e. The lowest BCUT2D eigenvalue weighted by molar-refractivity contribution is 0.642. The molecule has 0 atom stereocenters. The van der Waals surface area contributed by atoms with E-state index >= 15 is 0 Å². The van der Waals surface area contributed by atoms with Gasteiger partial charge < -0.3 is 4.90 Å². The Morgan fingerprint density at radius 3 is 1.29 bits per heavy atom. The summed E-state index contributed by atoms with van der Waals surface area (Å²) < 4.78 is 0. The zero-order chi connectivity index (χ0) is 37.6. The van der Waals surface area contributed by atoms with E-state index in [-0.39, 0.29) is 5.41 Å². The van der Waals surface area contributed by atoms with Crippen LogP contribution >= 0.6 is 0 Å². The molecule has 10 aromatic rings. The van der Waals surface area contributed by atoms with Crippen LogP contribution in [0.15, 0.2) is 212 Å². The monoisotopic (exact) mass is 715 g/mol. The van der Waals surface area contributed by atoms with Crippen molar-refractivity contribution in [2.75, 3.05) is 4.90 Å². The first kappa shape index (κ1) is 33.6. The van der Waals surface area contributed by atoms with E-state index in [1.54, 1.807) is 0 Å². The Morgan fingerprint density at radius 1 is 0.286 bits per heavy atom. The molecule has 0 aliphatic carbocycles. The molecular formula is C55H41N. The number of benzene rings is 10. The van der Waals surface area contributed by atoms with Crippen LogP contribution in [0.4, 0.5) is 17.1 Å². The number of fused-ring (bicyclic) bond motifs is 7. The number of nitrogens with zero attached hydrogens (tertiary/aromatic N) is 1. The Hall–Kier alpha value is -6.96. The average Bonchev–Trinajstić information content (AvgIpc) is 3.27. The summed E-state index contributed by atoms with van der Waals surface area (Å²) in [4.78, 5) is 2.36. The Morgan fingerprint density at radius 2 is 0.696 bits per heavy atom. The molecule has 0 aliphatic heterocycles. The highest BCUT2D eigenvalue weighted by molar-refractivity contribution is 6.25. The van der Waals surface area contributed by atoms with Gasteiger partial charge in [0.1, 0.15) is 0 Å². The molecule has 0 fully saturated rings. The molecule has 266 valence electrons. The average molecular weight is 716 g/mol. The number of anilines is 3. The molecule has 0 radical (unpaired) electrons. The molecule has 0 spiro atoms. The van der Waals surface area contributed by atoms with Gasteiger partial charge in [-0.05, 0) is 125 Å². The van der Waals surface area contributed by atoms with Gasteiger partial charge in [-0.15, -0.1) is 0 Å². The molecule has 0 amide bonds. The van der Waals surface area contributed by atoms with Crippen molar-refractivity contribution in [3.05, 3.63) is 223 Å². The zero-order valence-electron chi connectivity index (χ0n) is 31.7. The van der Waals surface area contributed by atoms with Crippen molar-refractivity contribution in [3.63, 3.8) is 0 Å². The van der Waals surface area contributed by atoms with Crippen LogP contribution in [-0.4, -0.2) is 0 Å². The SMILES string of the molecule is CC(C)(c1ccc(N(c2ccc(-c3ccccc3)cc2)c2ccc(-c3ccc4ccccc4c3)cc2)cc1)c1ccc2c3ccccc3c3ccccc3c2c1. The first-order valence-corrected chi connectivity index (χ1v) is 19.5. The summed E-state index contributed by atoms with van der Waals surface area (Å²) >= 11 is 0. The summed E-state index contributed by atoms with van der Waals surface area (Å²) in [6.07, 6.45) is 0. The third-order valence-corrected chi connectivity index (χ3v) is 11.8. The van der Waals surface area contributed by atoms with Crippen molar-refractivity contribution in [3.8, 4) is 22.3 Å². The van der Waals surface area contributed by atoms with Crippen LogP contribution < -0.4 is 4.90 Å². The highest BCUT2D eigenvalue weighted by Gasteiger charge is 2.25. The molecule has 0 N–H and O–H groups in total. The summed E-state index contributed by atoms with van der Waals surface area (Å²) in [6.45, 7) is 4.69. The maximum atomic E-state index is 2.43. The van der Waals surface area contributed by atoms with Crippen LogP contribution in [0.2, 0.25) is 0 Å². The minimum Gasteiger partial charge on any atom is -0.311 e. The van der Waals surface area contributed by atoms with Crippen LogP contribution in [0.1, 0.15) is 25.0 Å². The van der Waals surface area contributed by atoms with Gasteiger partial charge in [-0.1, -0.05) is 178 Å². The molecule has 0 saturated carbocycles. The van der Waals surface area contributed by atoms with Crippen LogP contribution in [0.3, 0.4) is 0 Å². The Kier molecular flexibility index (Phi) is 8.23. The lowest BCUT2D eigenvalue weighted by Gasteiger charge is -2.29. The summed E-state index contributed by atoms with van der Waals surface area (Å²) in [6, 6.07) is 77.7. The molecule has 0 aromatic heterocycles. The topological polar surface area (TPSA) is 3.24 Å². The second-order valence-corrected chi connectivity index (χ2v) is 15.4. The number of hydrogen-bond acceptors (Lipinski definition) is 1.